The molecule has 0 heterocycles. The molecule has 0 saturated carbocycles. The average Bonchev–Trinajstić information content (AvgIpc) is 2.61. The van der Waals surface area contributed by atoms with E-state index >= 15 is 0 Å². The van der Waals surface area contributed by atoms with Crippen LogP contribution < -0.4 is 10.5 Å². The van der Waals surface area contributed by atoms with Gasteiger partial charge in [-0.15, -0.1) is 0 Å². The van der Waals surface area contributed by atoms with Crippen molar-refractivity contribution in [2.24, 2.45) is 0 Å². The molecule has 0 aliphatic rings. The molecule has 0 spiro atoms. The van der Waals surface area contributed by atoms with Crippen LogP contribution in [0.3, 0.4) is 0 Å². The predicted octanol–water partition coefficient (Wildman–Crippen LogP) is 3.91. The highest BCUT2D eigenvalue weighted by atomic mass is 28.4. The molecule has 1 N–H and O–H groups in total. The van der Waals surface area contributed by atoms with E-state index in [9.17, 15) is 0 Å². The average molecular weight is 330 g/mol. The molecule has 3 nitrogen and oxygen atoms in total. The molecule has 0 radical (unpaired) electrons. The lowest BCUT2D eigenvalue weighted by Crippen LogP contribution is -2.54. The summed E-state index contributed by atoms with van der Waals surface area (Å²) in [5.74, 6) is 0. The second-order valence-corrected chi connectivity index (χ2v) is 8.54. The Kier molecular flexibility index (Phi) is 7.32. The van der Waals surface area contributed by atoms with Crippen molar-refractivity contribution in [1.82, 2.24) is 0 Å². The van der Waals surface area contributed by atoms with Gasteiger partial charge in [0.25, 0.3) is 0 Å². The standard InChI is InChI=1S/C19H27NO2Si/c1-3-21-23(22-4-2,19-14-9-6-10-15-19)17-11-16-20-18-12-7-5-8-13-18/h5-10,12-15,20H,3-4,11,16-17H2,1-2H3. The molecule has 0 fully saturated rings. The monoisotopic (exact) mass is 329 g/mol. The van der Waals surface area contributed by atoms with E-state index in [1.807, 2.05) is 38.1 Å². The maximum absolute atomic E-state index is 6.20. The van der Waals surface area contributed by atoms with Gasteiger partial charge in [0.1, 0.15) is 0 Å². The van der Waals surface area contributed by atoms with Crippen LogP contribution in [0.4, 0.5) is 5.69 Å². The first-order valence-corrected chi connectivity index (χ1v) is 10.5. The van der Waals surface area contributed by atoms with Gasteiger partial charge < -0.3 is 14.2 Å². The Balaban J connectivity index is 1.99. The van der Waals surface area contributed by atoms with Crippen LogP contribution in [-0.2, 0) is 8.85 Å². The van der Waals surface area contributed by atoms with Gasteiger partial charge in [0.15, 0.2) is 0 Å². The fraction of sp³-hybridized carbons (Fsp3) is 0.368. The van der Waals surface area contributed by atoms with Gasteiger partial charge in [-0.3, -0.25) is 0 Å². The van der Waals surface area contributed by atoms with Crippen molar-refractivity contribution in [3.8, 4) is 0 Å². The number of hydrogen-bond acceptors (Lipinski definition) is 3. The first-order valence-electron chi connectivity index (χ1n) is 8.43. The Morgan fingerprint density at radius 3 is 1.96 bits per heavy atom. The van der Waals surface area contributed by atoms with Crippen LogP contribution in [-0.4, -0.2) is 28.3 Å². The molecule has 0 bridgehead atoms. The zero-order valence-electron chi connectivity index (χ0n) is 14.1. The van der Waals surface area contributed by atoms with Crippen LogP contribution >= 0.6 is 0 Å². The van der Waals surface area contributed by atoms with Gasteiger partial charge in [-0.1, -0.05) is 48.5 Å². The van der Waals surface area contributed by atoms with Crippen molar-refractivity contribution >= 4 is 19.4 Å². The van der Waals surface area contributed by atoms with Crippen LogP contribution in [0.1, 0.15) is 20.3 Å². The third-order valence-corrected chi connectivity index (χ3v) is 7.49. The predicted molar refractivity (Wildman–Crippen MR) is 99.4 cm³/mol. The lowest BCUT2D eigenvalue weighted by Gasteiger charge is -2.30. The fourth-order valence-electron chi connectivity index (χ4n) is 2.77. The van der Waals surface area contributed by atoms with Gasteiger partial charge in [0, 0.05) is 25.4 Å². The summed E-state index contributed by atoms with van der Waals surface area (Å²) < 4.78 is 12.4. The zero-order valence-corrected chi connectivity index (χ0v) is 15.1. The lowest BCUT2D eigenvalue weighted by atomic mass is 10.3. The molecule has 2 aromatic rings. The Morgan fingerprint density at radius 2 is 1.39 bits per heavy atom. The topological polar surface area (TPSA) is 30.5 Å². The number of anilines is 1. The fourth-order valence-corrected chi connectivity index (χ4v) is 6.03. The quantitative estimate of drug-likeness (QED) is 0.529. The van der Waals surface area contributed by atoms with E-state index in [0.717, 1.165) is 24.7 Å². The summed E-state index contributed by atoms with van der Waals surface area (Å²) in [4.78, 5) is 0. The largest absolute Gasteiger partial charge is 0.391 e. The Labute approximate surface area is 140 Å². The number of hydrogen-bond donors (Lipinski definition) is 1. The van der Waals surface area contributed by atoms with Gasteiger partial charge in [-0.05, 0) is 43.6 Å². The highest BCUT2D eigenvalue weighted by Crippen LogP contribution is 2.17. The van der Waals surface area contributed by atoms with E-state index in [1.165, 1.54) is 5.19 Å². The summed E-state index contributed by atoms with van der Waals surface area (Å²) >= 11 is 0. The molecule has 2 aromatic carbocycles. The van der Waals surface area contributed by atoms with Gasteiger partial charge in [-0.25, -0.2) is 0 Å². The number of para-hydroxylation sites is 1. The molecule has 0 aliphatic carbocycles. The lowest BCUT2D eigenvalue weighted by molar-refractivity contribution is 0.195. The van der Waals surface area contributed by atoms with E-state index in [-0.39, 0.29) is 0 Å². The van der Waals surface area contributed by atoms with Crippen molar-refractivity contribution in [1.29, 1.82) is 0 Å². The van der Waals surface area contributed by atoms with Crippen molar-refractivity contribution < 1.29 is 8.85 Å². The molecule has 0 atom stereocenters. The Hall–Kier alpha value is -1.62. The molecular weight excluding hydrogens is 302 g/mol. The summed E-state index contributed by atoms with van der Waals surface area (Å²) in [6, 6.07) is 21.7. The van der Waals surface area contributed by atoms with E-state index in [1.54, 1.807) is 0 Å². The van der Waals surface area contributed by atoms with Crippen LogP contribution in [0.25, 0.3) is 0 Å². The van der Waals surface area contributed by atoms with Gasteiger partial charge in [0.2, 0.25) is 0 Å². The molecule has 0 amide bonds. The van der Waals surface area contributed by atoms with E-state index < -0.39 is 8.56 Å². The molecule has 23 heavy (non-hydrogen) atoms. The van der Waals surface area contributed by atoms with Crippen molar-refractivity contribution in [3.63, 3.8) is 0 Å². The SMILES string of the molecule is CCO[Si](CCCNc1ccccc1)(OCC)c1ccccc1. The second-order valence-electron chi connectivity index (χ2n) is 5.38. The molecule has 124 valence electrons. The first kappa shape index (κ1) is 17.7. The molecule has 0 unspecified atom stereocenters. The first-order chi connectivity index (χ1) is 11.3. The minimum atomic E-state index is -2.35. The van der Waals surface area contributed by atoms with Crippen molar-refractivity contribution in [2.45, 2.75) is 26.3 Å². The van der Waals surface area contributed by atoms with E-state index in [2.05, 4.69) is 41.7 Å². The highest BCUT2D eigenvalue weighted by Gasteiger charge is 2.38. The molecule has 0 aliphatic heterocycles. The number of nitrogens with one attached hydrogen (secondary N) is 1. The second kappa shape index (κ2) is 9.50. The molecule has 4 heteroatoms. The minimum absolute atomic E-state index is 0.688. The van der Waals surface area contributed by atoms with Crippen LogP contribution in [0.5, 0.6) is 0 Å². The third-order valence-electron chi connectivity index (χ3n) is 3.75. The van der Waals surface area contributed by atoms with Crippen LogP contribution in [0.2, 0.25) is 6.04 Å². The summed E-state index contributed by atoms with van der Waals surface area (Å²) in [7, 11) is -2.35. The van der Waals surface area contributed by atoms with Crippen molar-refractivity contribution in [2.75, 3.05) is 25.1 Å². The molecular formula is C19H27NO2Si. The van der Waals surface area contributed by atoms with E-state index in [0.29, 0.717) is 13.2 Å². The van der Waals surface area contributed by atoms with Crippen molar-refractivity contribution in [3.05, 3.63) is 60.7 Å². The van der Waals surface area contributed by atoms with Crippen LogP contribution in [0.15, 0.2) is 60.7 Å². The zero-order chi connectivity index (χ0) is 16.4. The summed E-state index contributed by atoms with van der Waals surface area (Å²) in [6.07, 6.45) is 1.02. The Bertz CT molecular complexity index is 542. The summed E-state index contributed by atoms with van der Waals surface area (Å²) in [6.45, 7) is 6.39. The summed E-state index contributed by atoms with van der Waals surface area (Å²) in [5, 5.41) is 4.69. The van der Waals surface area contributed by atoms with Gasteiger partial charge >= 0.3 is 8.56 Å². The molecule has 0 saturated heterocycles. The van der Waals surface area contributed by atoms with Crippen LogP contribution in [0, 0.1) is 0 Å². The smallest absolute Gasteiger partial charge is 0.372 e. The summed E-state index contributed by atoms with van der Waals surface area (Å²) in [5.41, 5.74) is 1.16. The van der Waals surface area contributed by atoms with E-state index in [4.69, 9.17) is 8.85 Å². The van der Waals surface area contributed by atoms with Gasteiger partial charge in [0.05, 0.1) is 0 Å². The minimum Gasteiger partial charge on any atom is -0.391 e. The maximum atomic E-state index is 6.20. The Morgan fingerprint density at radius 1 is 0.826 bits per heavy atom. The number of rotatable bonds is 10. The third kappa shape index (κ3) is 5.20. The molecule has 0 aromatic heterocycles. The van der Waals surface area contributed by atoms with Gasteiger partial charge in [-0.2, -0.15) is 0 Å². The molecule has 2 rings (SSSR count). The maximum Gasteiger partial charge on any atom is 0.372 e. The highest BCUT2D eigenvalue weighted by molar-refractivity contribution is 6.81. The number of benzene rings is 2. The normalized spacial score (nSPS) is 11.4.